The van der Waals surface area contributed by atoms with Gasteiger partial charge in [0.1, 0.15) is 0 Å². The van der Waals surface area contributed by atoms with Crippen LogP contribution in [0.25, 0.3) is 22.3 Å². The lowest BCUT2D eigenvalue weighted by Gasteiger charge is -2.22. The van der Waals surface area contributed by atoms with Gasteiger partial charge in [-0.1, -0.05) is 56.3 Å². The van der Waals surface area contributed by atoms with Crippen molar-refractivity contribution in [3.05, 3.63) is 65.0 Å². The summed E-state index contributed by atoms with van der Waals surface area (Å²) < 4.78 is 1.57. The predicted octanol–water partition coefficient (Wildman–Crippen LogP) is 2.91. The standard InChI is InChI=1S/C19H22N4O/c1-3-22(4-2)14-20-23-18(15-10-6-5-7-11-15)21-17-13-9-8-12-16(17)19(23)24/h5-13,20H,3-4,14H2,1-2H3. The average Bonchev–Trinajstić information content (AvgIpc) is 2.64. The van der Waals surface area contributed by atoms with Gasteiger partial charge in [0.25, 0.3) is 5.56 Å². The van der Waals surface area contributed by atoms with Crippen LogP contribution in [0.5, 0.6) is 0 Å². The summed E-state index contributed by atoms with van der Waals surface area (Å²) in [7, 11) is 0. The number of rotatable bonds is 6. The van der Waals surface area contributed by atoms with Crippen molar-refractivity contribution < 1.29 is 0 Å². The molecule has 0 unspecified atom stereocenters. The van der Waals surface area contributed by atoms with Crippen molar-refractivity contribution in [3.8, 4) is 11.4 Å². The molecule has 0 saturated heterocycles. The third-order valence-corrected chi connectivity index (χ3v) is 4.15. The molecular formula is C19H22N4O. The highest BCUT2D eigenvalue weighted by Crippen LogP contribution is 2.17. The van der Waals surface area contributed by atoms with Crippen LogP contribution in [-0.4, -0.2) is 34.3 Å². The average molecular weight is 322 g/mol. The normalized spacial score (nSPS) is 11.1. The molecule has 0 bridgehead atoms. The van der Waals surface area contributed by atoms with E-state index in [1.54, 1.807) is 4.68 Å². The first kappa shape index (κ1) is 16.2. The molecule has 124 valence electrons. The fourth-order valence-electron chi connectivity index (χ4n) is 2.68. The molecule has 0 saturated carbocycles. The lowest BCUT2D eigenvalue weighted by molar-refractivity contribution is 0.314. The van der Waals surface area contributed by atoms with Gasteiger partial charge >= 0.3 is 0 Å². The summed E-state index contributed by atoms with van der Waals surface area (Å²) in [4.78, 5) is 19.9. The maximum atomic E-state index is 13.0. The van der Waals surface area contributed by atoms with E-state index in [1.165, 1.54) is 0 Å². The monoisotopic (exact) mass is 322 g/mol. The Kier molecular flexibility index (Phi) is 4.91. The highest BCUT2D eigenvalue weighted by molar-refractivity contribution is 5.79. The highest BCUT2D eigenvalue weighted by Gasteiger charge is 2.12. The second-order valence-corrected chi connectivity index (χ2v) is 5.58. The number of benzene rings is 2. The smallest absolute Gasteiger partial charge is 0.280 e. The molecule has 0 amide bonds. The van der Waals surface area contributed by atoms with Gasteiger partial charge in [-0.25, -0.2) is 9.66 Å². The number of aromatic nitrogens is 2. The number of fused-ring (bicyclic) bond motifs is 1. The van der Waals surface area contributed by atoms with Gasteiger partial charge < -0.3 is 5.43 Å². The minimum absolute atomic E-state index is 0.0772. The first-order valence-electron chi connectivity index (χ1n) is 8.28. The number of nitrogens with zero attached hydrogens (tertiary/aromatic N) is 3. The molecule has 0 radical (unpaired) electrons. The van der Waals surface area contributed by atoms with Gasteiger partial charge in [0.05, 0.1) is 17.6 Å². The molecule has 3 rings (SSSR count). The number of para-hydroxylation sites is 1. The van der Waals surface area contributed by atoms with Crippen molar-refractivity contribution >= 4 is 10.9 Å². The van der Waals surface area contributed by atoms with E-state index in [-0.39, 0.29) is 5.56 Å². The molecule has 1 heterocycles. The van der Waals surface area contributed by atoms with Crippen LogP contribution in [0.3, 0.4) is 0 Å². The van der Waals surface area contributed by atoms with Crippen molar-refractivity contribution in [2.24, 2.45) is 0 Å². The Morgan fingerprint density at radius 2 is 1.67 bits per heavy atom. The minimum Gasteiger partial charge on any atom is -0.307 e. The fourth-order valence-corrected chi connectivity index (χ4v) is 2.68. The molecule has 0 atom stereocenters. The van der Waals surface area contributed by atoms with Crippen LogP contribution in [0.2, 0.25) is 0 Å². The largest absolute Gasteiger partial charge is 0.307 e. The molecule has 5 heteroatoms. The van der Waals surface area contributed by atoms with Crippen LogP contribution < -0.4 is 11.0 Å². The van der Waals surface area contributed by atoms with Gasteiger partial charge in [-0.15, -0.1) is 0 Å². The van der Waals surface area contributed by atoms with E-state index in [1.807, 2.05) is 54.6 Å². The number of hydrogen-bond acceptors (Lipinski definition) is 4. The molecule has 3 aromatic rings. The molecular weight excluding hydrogens is 300 g/mol. The zero-order valence-electron chi connectivity index (χ0n) is 14.1. The first-order valence-corrected chi connectivity index (χ1v) is 8.28. The van der Waals surface area contributed by atoms with E-state index in [2.05, 4.69) is 24.2 Å². The Balaban J connectivity index is 2.13. The SMILES string of the molecule is CCN(CC)CNn1c(-c2ccccc2)nc2ccccc2c1=O. The molecule has 2 aromatic carbocycles. The minimum atomic E-state index is -0.0772. The second kappa shape index (κ2) is 7.27. The molecule has 5 nitrogen and oxygen atoms in total. The van der Waals surface area contributed by atoms with Crippen molar-refractivity contribution in [1.29, 1.82) is 0 Å². The van der Waals surface area contributed by atoms with E-state index in [0.717, 1.165) is 18.7 Å². The Morgan fingerprint density at radius 3 is 2.38 bits per heavy atom. The Hall–Kier alpha value is -2.66. The molecule has 1 aromatic heterocycles. The van der Waals surface area contributed by atoms with Crippen LogP contribution >= 0.6 is 0 Å². The maximum Gasteiger partial charge on any atom is 0.280 e. The van der Waals surface area contributed by atoms with Crippen LogP contribution in [0.4, 0.5) is 0 Å². The molecule has 1 N–H and O–H groups in total. The van der Waals surface area contributed by atoms with E-state index in [9.17, 15) is 4.79 Å². The summed E-state index contributed by atoms with van der Waals surface area (Å²) >= 11 is 0. The van der Waals surface area contributed by atoms with Crippen molar-refractivity contribution in [3.63, 3.8) is 0 Å². The van der Waals surface area contributed by atoms with Crippen LogP contribution in [-0.2, 0) is 0 Å². The van der Waals surface area contributed by atoms with E-state index in [4.69, 9.17) is 4.98 Å². The number of nitrogens with one attached hydrogen (secondary N) is 1. The Bertz CT molecular complexity index is 869. The van der Waals surface area contributed by atoms with Gasteiger partial charge in [-0.3, -0.25) is 9.69 Å². The predicted molar refractivity (Wildman–Crippen MR) is 98.6 cm³/mol. The summed E-state index contributed by atoms with van der Waals surface area (Å²) in [6.45, 7) is 6.63. The summed E-state index contributed by atoms with van der Waals surface area (Å²) in [5.74, 6) is 0.631. The molecule has 24 heavy (non-hydrogen) atoms. The lowest BCUT2D eigenvalue weighted by Crippen LogP contribution is -2.39. The van der Waals surface area contributed by atoms with E-state index in [0.29, 0.717) is 23.4 Å². The third-order valence-electron chi connectivity index (χ3n) is 4.15. The zero-order valence-corrected chi connectivity index (χ0v) is 14.1. The van der Waals surface area contributed by atoms with Crippen LogP contribution in [0.15, 0.2) is 59.4 Å². The van der Waals surface area contributed by atoms with Crippen molar-refractivity contribution in [1.82, 2.24) is 14.6 Å². The first-order chi connectivity index (χ1) is 11.7. The molecule has 0 fully saturated rings. The Labute approximate surface area is 141 Å². The maximum absolute atomic E-state index is 13.0. The van der Waals surface area contributed by atoms with E-state index < -0.39 is 0 Å². The van der Waals surface area contributed by atoms with Crippen molar-refractivity contribution in [2.75, 3.05) is 25.2 Å². The molecule has 0 aliphatic carbocycles. The number of hydrogen-bond donors (Lipinski definition) is 1. The fraction of sp³-hybridized carbons (Fsp3) is 0.263. The van der Waals surface area contributed by atoms with Gasteiger partial charge in [0.2, 0.25) is 0 Å². The van der Waals surface area contributed by atoms with Crippen molar-refractivity contribution in [2.45, 2.75) is 13.8 Å². The van der Waals surface area contributed by atoms with Gasteiger partial charge in [-0.2, -0.15) is 0 Å². The van der Waals surface area contributed by atoms with Gasteiger partial charge in [0.15, 0.2) is 5.82 Å². The lowest BCUT2D eigenvalue weighted by atomic mass is 10.2. The van der Waals surface area contributed by atoms with Crippen LogP contribution in [0, 0.1) is 0 Å². The Morgan fingerprint density at radius 1 is 1.00 bits per heavy atom. The van der Waals surface area contributed by atoms with Crippen LogP contribution in [0.1, 0.15) is 13.8 Å². The van der Waals surface area contributed by atoms with Gasteiger partial charge in [0, 0.05) is 5.56 Å². The molecule has 0 aliphatic heterocycles. The molecule has 0 spiro atoms. The zero-order chi connectivity index (χ0) is 16.9. The molecule has 0 aliphatic rings. The summed E-state index contributed by atoms with van der Waals surface area (Å²) in [5.41, 5.74) is 4.78. The summed E-state index contributed by atoms with van der Waals surface area (Å²) in [6, 6.07) is 17.2. The third kappa shape index (κ3) is 3.16. The quantitative estimate of drug-likeness (QED) is 0.709. The van der Waals surface area contributed by atoms with E-state index >= 15 is 0 Å². The topological polar surface area (TPSA) is 50.2 Å². The summed E-state index contributed by atoms with van der Waals surface area (Å²) in [5, 5.41) is 0.615. The summed E-state index contributed by atoms with van der Waals surface area (Å²) in [6.07, 6.45) is 0. The highest BCUT2D eigenvalue weighted by atomic mass is 16.1. The van der Waals surface area contributed by atoms with Gasteiger partial charge in [-0.05, 0) is 25.2 Å². The second-order valence-electron chi connectivity index (χ2n) is 5.58.